The maximum absolute atomic E-state index is 10.1. The van der Waals surface area contributed by atoms with E-state index in [0.717, 1.165) is 22.9 Å². The van der Waals surface area contributed by atoms with Crippen molar-refractivity contribution in [1.82, 2.24) is 0 Å². The molecule has 0 aromatic heterocycles. The van der Waals surface area contributed by atoms with E-state index in [1.165, 1.54) is 0 Å². The predicted molar refractivity (Wildman–Crippen MR) is 73.2 cm³/mol. The van der Waals surface area contributed by atoms with Crippen molar-refractivity contribution >= 4 is 28.3 Å². The van der Waals surface area contributed by atoms with Crippen LogP contribution in [0.25, 0.3) is 0 Å². The monoisotopic (exact) mass is 335 g/mol. The zero-order chi connectivity index (χ0) is 12.0. The zero-order valence-corrected chi connectivity index (χ0v) is 12.0. The van der Waals surface area contributed by atoms with Gasteiger partial charge in [0.2, 0.25) is 6.79 Å². The average Bonchev–Trinajstić information content (AvgIpc) is 3.06. The Kier molecular flexibility index (Phi) is 4.06. The normalized spacial score (nSPS) is 20.2. The molecule has 3 N–H and O–H groups in total. The molecule has 1 aromatic rings. The van der Waals surface area contributed by atoms with Gasteiger partial charge >= 0.3 is 0 Å². The summed E-state index contributed by atoms with van der Waals surface area (Å²) in [6, 6.07) is 3.31. The van der Waals surface area contributed by atoms with Gasteiger partial charge in [-0.05, 0) is 36.5 Å². The van der Waals surface area contributed by atoms with Crippen molar-refractivity contribution in [2.24, 2.45) is 11.7 Å². The van der Waals surface area contributed by atoms with Crippen LogP contribution in [-0.4, -0.2) is 18.0 Å². The molecule has 100 valence electrons. The third-order valence-electron chi connectivity index (χ3n) is 3.32. The number of hydrogen-bond donors (Lipinski definition) is 2. The van der Waals surface area contributed by atoms with Crippen LogP contribution < -0.4 is 15.2 Å². The van der Waals surface area contributed by atoms with Crippen LogP contribution in [0.4, 0.5) is 0 Å². The van der Waals surface area contributed by atoms with Crippen molar-refractivity contribution in [3.8, 4) is 11.5 Å². The van der Waals surface area contributed by atoms with Gasteiger partial charge in [-0.2, -0.15) is 0 Å². The molecule has 0 bridgehead atoms. The van der Waals surface area contributed by atoms with E-state index in [2.05, 4.69) is 15.9 Å². The van der Waals surface area contributed by atoms with Gasteiger partial charge in [-0.25, -0.2) is 0 Å². The van der Waals surface area contributed by atoms with E-state index in [9.17, 15) is 5.11 Å². The quantitative estimate of drug-likeness (QED) is 0.889. The van der Waals surface area contributed by atoms with Crippen molar-refractivity contribution in [3.05, 3.63) is 22.2 Å². The lowest BCUT2D eigenvalue weighted by Gasteiger charge is -2.20. The van der Waals surface area contributed by atoms with Crippen LogP contribution in [0.2, 0.25) is 0 Å². The lowest BCUT2D eigenvalue weighted by molar-refractivity contribution is 0.122. The van der Waals surface area contributed by atoms with Crippen LogP contribution >= 0.6 is 28.3 Å². The Morgan fingerprint density at radius 1 is 1.28 bits per heavy atom. The molecule has 3 rings (SSSR count). The number of ether oxygens (including phenoxy) is 2. The number of benzene rings is 1. The highest BCUT2D eigenvalue weighted by Crippen LogP contribution is 2.42. The average molecular weight is 337 g/mol. The molecule has 0 radical (unpaired) electrons. The van der Waals surface area contributed by atoms with Gasteiger partial charge in [-0.3, -0.25) is 0 Å². The second-order valence-corrected chi connectivity index (χ2v) is 5.44. The van der Waals surface area contributed by atoms with E-state index in [-0.39, 0.29) is 25.2 Å². The summed E-state index contributed by atoms with van der Waals surface area (Å²) < 4.78 is 11.5. The van der Waals surface area contributed by atoms with Gasteiger partial charge in [0.25, 0.3) is 0 Å². The molecular formula is C12H15BrClNO3. The van der Waals surface area contributed by atoms with Crippen LogP contribution in [0.3, 0.4) is 0 Å². The summed E-state index contributed by atoms with van der Waals surface area (Å²) in [7, 11) is 0. The zero-order valence-electron chi connectivity index (χ0n) is 9.64. The SMILES string of the molecule is Cl.N[C@H](c1cc2c(cc1Br)OCO2)[C@@H](O)C1CC1. The molecule has 0 spiro atoms. The molecule has 1 aliphatic heterocycles. The Morgan fingerprint density at radius 3 is 2.50 bits per heavy atom. The number of hydrogen-bond acceptors (Lipinski definition) is 4. The first kappa shape index (κ1) is 13.9. The molecule has 1 aromatic carbocycles. The van der Waals surface area contributed by atoms with Gasteiger partial charge in [0, 0.05) is 4.47 Å². The molecule has 1 heterocycles. The standard InChI is InChI=1S/C12H14BrNO3.ClH/c13-8-4-10-9(16-5-17-10)3-7(8)11(14)12(15)6-1-2-6;/h3-4,6,11-12,15H,1-2,5,14H2;1H/t11-,12+;/m1./s1. The molecule has 6 heteroatoms. The molecule has 18 heavy (non-hydrogen) atoms. The van der Waals surface area contributed by atoms with Crippen LogP contribution in [0.1, 0.15) is 24.4 Å². The van der Waals surface area contributed by atoms with Crippen molar-refractivity contribution in [3.63, 3.8) is 0 Å². The third kappa shape index (κ3) is 2.45. The highest BCUT2D eigenvalue weighted by molar-refractivity contribution is 9.10. The van der Waals surface area contributed by atoms with Crippen molar-refractivity contribution in [2.45, 2.75) is 25.0 Å². The smallest absolute Gasteiger partial charge is 0.231 e. The molecule has 1 fully saturated rings. The molecular weight excluding hydrogens is 321 g/mol. The predicted octanol–water partition coefficient (Wildman–Crippen LogP) is 2.37. The Labute approximate surface area is 120 Å². The molecule has 1 aliphatic carbocycles. The maximum atomic E-state index is 10.1. The number of fused-ring (bicyclic) bond motifs is 1. The molecule has 2 aliphatic rings. The lowest BCUT2D eigenvalue weighted by atomic mass is 9.99. The largest absolute Gasteiger partial charge is 0.454 e. The van der Waals surface area contributed by atoms with Gasteiger partial charge in [0.1, 0.15) is 0 Å². The minimum absolute atomic E-state index is 0. The van der Waals surface area contributed by atoms with Crippen LogP contribution in [-0.2, 0) is 0 Å². The summed E-state index contributed by atoms with van der Waals surface area (Å²) >= 11 is 3.46. The summed E-state index contributed by atoms with van der Waals surface area (Å²) in [6.07, 6.45) is 1.65. The summed E-state index contributed by atoms with van der Waals surface area (Å²) in [5.74, 6) is 1.76. The minimum Gasteiger partial charge on any atom is -0.454 e. The lowest BCUT2D eigenvalue weighted by Crippen LogP contribution is -2.28. The fourth-order valence-corrected chi connectivity index (χ4v) is 2.69. The fourth-order valence-electron chi connectivity index (χ4n) is 2.10. The Hall–Kier alpha value is -0.490. The van der Waals surface area contributed by atoms with Gasteiger partial charge in [0.15, 0.2) is 11.5 Å². The van der Waals surface area contributed by atoms with E-state index in [0.29, 0.717) is 17.4 Å². The third-order valence-corrected chi connectivity index (χ3v) is 4.01. The topological polar surface area (TPSA) is 64.7 Å². The first-order valence-electron chi connectivity index (χ1n) is 5.69. The molecule has 0 saturated heterocycles. The number of rotatable bonds is 3. The van der Waals surface area contributed by atoms with Gasteiger partial charge in [-0.15, -0.1) is 12.4 Å². The number of nitrogens with two attached hydrogens (primary N) is 1. The van der Waals surface area contributed by atoms with Crippen LogP contribution in [0, 0.1) is 5.92 Å². The Morgan fingerprint density at radius 2 is 1.89 bits per heavy atom. The van der Waals surface area contributed by atoms with Gasteiger partial charge in [-0.1, -0.05) is 15.9 Å². The van der Waals surface area contributed by atoms with E-state index in [1.54, 1.807) is 0 Å². The molecule has 0 amide bonds. The van der Waals surface area contributed by atoms with Crippen molar-refractivity contribution < 1.29 is 14.6 Å². The summed E-state index contributed by atoms with van der Waals surface area (Å²) in [6.45, 7) is 0.242. The Bertz CT molecular complexity index is 453. The minimum atomic E-state index is -0.480. The Balaban J connectivity index is 0.00000120. The van der Waals surface area contributed by atoms with Crippen molar-refractivity contribution in [1.29, 1.82) is 0 Å². The van der Waals surface area contributed by atoms with E-state index in [4.69, 9.17) is 15.2 Å². The summed E-state index contributed by atoms with van der Waals surface area (Å²) in [5.41, 5.74) is 6.97. The highest BCUT2D eigenvalue weighted by atomic mass is 79.9. The fraction of sp³-hybridized carbons (Fsp3) is 0.500. The van der Waals surface area contributed by atoms with E-state index >= 15 is 0 Å². The van der Waals surface area contributed by atoms with E-state index < -0.39 is 6.10 Å². The molecule has 2 atom stereocenters. The first-order chi connectivity index (χ1) is 8.16. The number of aliphatic hydroxyl groups excluding tert-OH is 1. The number of aliphatic hydroxyl groups is 1. The number of halogens is 2. The van der Waals surface area contributed by atoms with Gasteiger partial charge < -0.3 is 20.3 Å². The highest BCUT2D eigenvalue weighted by Gasteiger charge is 2.35. The second-order valence-electron chi connectivity index (χ2n) is 4.58. The van der Waals surface area contributed by atoms with E-state index in [1.807, 2.05) is 12.1 Å². The maximum Gasteiger partial charge on any atom is 0.231 e. The molecule has 4 nitrogen and oxygen atoms in total. The first-order valence-corrected chi connectivity index (χ1v) is 6.49. The summed E-state index contributed by atoms with van der Waals surface area (Å²) in [4.78, 5) is 0. The van der Waals surface area contributed by atoms with Gasteiger partial charge in [0.05, 0.1) is 12.1 Å². The van der Waals surface area contributed by atoms with Crippen molar-refractivity contribution in [2.75, 3.05) is 6.79 Å². The van der Waals surface area contributed by atoms with Crippen LogP contribution in [0.15, 0.2) is 16.6 Å². The molecule has 0 unspecified atom stereocenters. The molecule has 1 saturated carbocycles. The second kappa shape index (κ2) is 5.25. The summed E-state index contributed by atoms with van der Waals surface area (Å²) in [5, 5.41) is 10.1. The van der Waals surface area contributed by atoms with Crippen LogP contribution in [0.5, 0.6) is 11.5 Å².